The molecule has 168 valence electrons. The summed E-state index contributed by atoms with van der Waals surface area (Å²) in [6.45, 7) is 3.85. The molecule has 1 atom stereocenters. The third kappa shape index (κ3) is 6.63. The number of pyridine rings is 1. The summed E-state index contributed by atoms with van der Waals surface area (Å²) in [5, 5.41) is 0. The van der Waals surface area contributed by atoms with Crippen molar-refractivity contribution < 1.29 is 22.7 Å². The molecule has 3 aromatic rings. The van der Waals surface area contributed by atoms with Crippen molar-refractivity contribution in [1.82, 2.24) is 9.71 Å². The molecule has 1 heterocycles. The van der Waals surface area contributed by atoms with Crippen molar-refractivity contribution in [2.24, 2.45) is 0 Å². The summed E-state index contributed by atoms with van der Waals surface area (Å²) in [5.41, 5.74) is 1.55. The SMILES string of the molecule is CCOC(=O)CCc1cc(Oc2cccnc2)cc(C(C)NS(=O)(=O)c2ccccc2)c1. The predicted molar refractivity (Wildman–Crippen MR) is 121 cm³/mol. The third-order valence-corrected chi connectivity index (χ3v) is 6.22. The van der Waals surface area contributed by atoms with Crippen molar-refractivity contribution in [1.29, 1.82) is 0 Å². The van der Waals surface area contributed by atoms with Crippen LogP contribution in [0.2, 0.25) is 0 Å². The number of ether oxygens (including phenoxy) is 2. The molecular weight excluding hydrogens is 428 g/mol. The van der Waals surface area contributed by atoms with Crippen molar-refractivity contribution in [2.75, 3.05) is 6.61 Å². The Morgan fingerprint density at radius 2 is 1.84 bits per heavy atom. The number of aromatic nitrogens is 1. The lowest BCUT2D eigenvalue weighted by Crippen LogP contribution is -2.27. The predicted octanol–water partition coefficient (Wildman–Crippen LogP) is 4.41. The fourth-order valence-electron chi connectivity index (χ4n) is 3.13. The van der Waals surface area contributed by atoms with Gasteiger partial charge in [0.1, 0.15) is 11.5 Å². The average molecular weight is 455 g/mol. The fraction of sp³-hybridized carbons (Fsp3) is 0.250. The molecule has 0 aliphatic rings. The topological polar surface area (TPSA) is 94.6 Å². The van der Waals surface area contributed by atoms with Gasteiger partial charge >= 0.3 is 5.97 Å². The van der Waals surface area contributed by atoms with Gasteiger partial charge in [0.2, 0.25) is 10.0 Å². The van der Waals surface area contributed by atoms with E-state index >= 15 is 0 Å². The van der Waals surface area contributed by atoms with Crippen LogP contribution < -0.4 is 9.46 Å². The highest BCUT2D eigenvalue weighted by Gasteiger charge is 2.19. The molecule has 0 aliphatic carbocycles. The maximum absolute atomic E-state index is 12.8. The molecule has 0 radical (unpaired) electrons. The Bertz CT molecular complexity index is 1140. The largest absolute Gasteiger partial charge is 0.466 e. The first-order valence-electron chi connectivity index (χ1n) is 10.3. The van der Waals surface area contributed by atoms with Crippen molar-refractivity contribution in [3.63, 3.8) is 0 Å². The second kappa shape index (κ2) is 10.9. The van der Waals surface area contributed by atoms with E-state index in [-0.39, 0.29) is 17.3 Å². The monoisotopic (exact) mass is 454 g/mol. The van der Waals surface area contributed by atoms with Crippen molar-refractivity contribution in [2.45, 2.75) is 37.6 Å². The number of hydrogen-bond acceptors (Lipinski definition) is 6. The van der Waals surface area contributed by atoms with Crippen LogP contribution in [0.3, 0.4) is 0 Å². The maximum Gasteiger partial charge on any atom is 0.306 e. The zero-order valence-electron chi connectivity index (χ0n) is 18.0. The number of nitrogens with zero attached hydrogens (tertiary/aromatic N) is 1. The lowest BCUT2D eigenvalue weighted by Gasteiger charge is -2.17. The number of benzene rings is 2. The maximum atomic E-state index is 12.8. The summed E-state index contributed by atoms with van der Waals surface area (Å²) in [6, 6.07) is 16.7. The first kappa shape index (κ1) is 23.4. The van der Waals surface area contributed by atoms with E-state index in [0.717, 1.165) is 5.56 Å². The molecular formula is C24H26N2O5S. The van der Waals surface area contributed by atoms with Crippen LogP contribution in [-0.2, 0) is 26.0 Å². The molecule has 0 saturated carbocycles. The summed E-state index contributed by atoms with van der Waals surface area (Å²) < 4.78 is 39.1. The van der Waals surface area contributed by atoms with Gasteiger partial charge in [-0.15, -0.1) is 0 Å². The molecule has 0 fully saturated rings. The number of esters is 1. The molecule has 0 saturated heterocycles. The first-order valence-corrected chi connectivity index (χ1v) is 11.8. The van der Waals surface area contributed by atoms with Crippen LogP contribution in [0.25, 0.3) is 0 Å². The minimum absolute atomic E-state index is 0.192. The Balaban J connectivity index is 1.86. The molecule has 3 rings (SSSR count). The molecule has 7 nitrogen and oxygen atoms in total. The molecule has 0 amide bonds. The molecule has 0 aliphatic heterocycles. The highest BCUT2D eigenvalue weighted by molar-refractivity contribution is 7.89. The van der Waals surface area contributed by atoms with E-state index in [0.29, 0.717) is 30.1 Å². The highest BCUT2D eigenvalue weighted by atomic mass is 32.2. The van der Waals surface area contributed by atoms with Gasteiger partial charge in [0.25, 0.3) is 0 Å². The van der Waals surface area contributed by atoms with Gasteiger partial charge in [-0.1, -0.05) is 24.3 Å². The van der Waals surface area contributed by atoms with E-state index in [9.17, 15) is 13.2 Å². The van der Waals surface area contributed by atoms with E-state index in [1.54, 1.807) is 74.8 Å². The Hall–Kier alpha value is -3.23. The second-order valence-electron chi connectivity index (χ2n) is 7.16. The number of sulfonamides is 1. The zero-order chi connectivity index (χ0) is 23.0. The van der Waals surface area contributed by atoms with Gasteiger partial charge < -0.3 is 9.47 Å². The summed E-state index contributed by atoms with van der Waals surface area (Å²) in [7, 11) is -3.70. The van der Waals surface area contributed by atoms with Crippen LogP contribution in [0, 0.1) is 0 Å². The van der Waals surface area contributed by atoms with Crippen molar-refractivity contribution in [3.05, 3.63) is 84.2 Å². The Labute approximate surface area is 188 Å². The van der Waals surface area contributed by atoms with E-state index in [1.165, 1.54) is 0 Å². The number of rotatable bonds is 10. The molecule has 1 N–H and O–H groups in total. The second-order valence-corrected chi connectivity index (χ2v) is 8.88. The van der Waals surface area contributed by atoms with Gasteiger partial charge in [-0.25, -0.2) is 13.1 Å². The van der Waals surface area contributed by atoms with Crippen LogP contribution in [-0.4, -0.2) is 26.0 Å². The van der Waals surface area contributed by atoms with Gasteiger partial charge in [-0.05, 0) is 67.8 Å². The van der Waals surface area contributed by atoms with Gasteiger partial charge in [-0.3, -0.25) is 9.78 Å². The van der Waals surface area contributed by atoms with Crippen molar-refractivity contribution >= 4 is 16.0 Å². The Morgan fingerprint density at radius 1 is 1.06 bits per heavy atom. The van der Waals surface area contributed by atoms with Crippen LogP contribution in [0.5, 0.6) is 11.5 Å². The highest BCUT2D eigenvalue weighted by Crippen LogP contribution is 2.28. The zero-order valence-corrected chi connectivity index (χ0v) is 18.8. The number of nitrogens with one attached hydrogen (secondary N) is 1. The molecule has 32 heavy (non-hydrogen) atoms. The summed E-state index contributed by atoms with van der Waals surface area (Å²) in [6.07, 6.45) is 3.89. The standard InChI is InChI=1S/C24H26N2O5S/c1-3-30-24(27)12-11-19-14-20(16-22(15-19)31-21-8-7-13-25-17-21)18(2)26-32(28,29)23-9-5-4-6-10-23/h4-10,13-18,26H,3,11-12H2,1-2H3. The van der Waals surface area contributed by atoms with Crippen molar-refractivity contribution in [3.8, 4) is 11.5 Å². The van der Waals surface area contributed by atoms with E-state index < -0.39 is 16.1 Å². The van der Waals surface area contributed by atoms with Gasteiger partial charge in [0, 0.05) is 18.7 Å². The smallest absolute Gasteiger partial charge is 0.306 e. The molecule has 1 aromatic heterocycles. The van der Waals surface area contributed by atoms with Gasteiger partial charge in [-0.2, -0.15) is 0 Å². The lowest BCUT2D eigenvalue weighted by molar-refractivity contribution is -0.143. The van der Waals surface area contributed by atoms with E-state index in [4.69, 9.17) is 9.47 Å². The summed E-state index contributed by atoms with van der Waals surface area (Å²) in [4.78, 5) is 16.0. The minimum atomic E-state index is -3.70. The van der Waals surface area contributed by atoms with Crippen LogP contribution in [0.15, 0.2) is 78.0 Å². The van der Waals surface area contributed by atoms with Crippen LogP contribution in [0.1, 0.15) is 37.4 Å². The number of hydrogen-bond donors (Lipinski definition) is 1. The minimum Gasteiger partial charge on any atom is -0.466 e. The summed E-state index contributed by atoms with van der Waals surface area (Å²) >= 11 is 0. The number of aryl methyl sites for hydroxylation is 1. The van der Waals surface area contributed by atoms with Gasteiger partial charge in [0.05, 0.1) is 17.7 Å². The molecule has 1 unspecified atom stereocenters. The quantitative estimate of drug-likeness (QED) is 0.456. The number of carbonyl (C=O) groups is 1. The summed E-state index contributed by atoms with van der Waals surface area (Å²) in [5.74, 6) is 0.795. The lowest BCUT2D eigenvalue weighted by atomic mass is 10.0. The van der Waals surface area contributed by atoms with Crippen LogP contribution >= 0.6 is 0 Å². The van der Waals surface area contributed by atoms with E-state index in [1.807, 2.05) is 12.1 Å². The third-order valence-electron chi connectivity index (χ3n) is 4.67. The van der Waals surface area contributed by atoms with E-state index in [2.05, 4.69) is 9.71 Å². The Kier molecular flexibility index (Phi) is 7.97. The Morgan fingerprint density at radius 3 is 2.53 bits per heavy atom. The molecule has 2 aromatic carbocycles. The van der Waals surface area contributed by atoms with Gasteiger partial charge in [0.15, 0.2) is 0 Å². The molecule has 8 heteroatoms. The van der Waals surface area contributed by atoms with Crippen LogP contribution in [0.4, 0.5) is 0 Å². The average Bonchev–Trinajstić information content (AvgIpc) is 2.79. The fourth-order valence-corrected chi connectivity index (χ4v) is 4.38. The normalized spacial score (nSPS) is 12.2. The molecule has 0 bridgehead atoms. The molecule has 0 spiro atoms. The number of carbonyl (C=O) groups excluding carboxylic acids is 1. The first-order chi connectivity index (χ1) is 15.4.